The van der Waals surface area contributed by atoms with Crippen LogP contribution in [0.1, 0.15) is 5.56 Å². The van der Waals surface area contributed by atoms with Gasteiger partial charge in [0.05, 0.1) is 7.11 Å². The first kappa shape index (κ1) is 14.8. The molecule has 0 amide bonds. The monoisotopic (exact) mass is 283 g/mol. The second-order valence-electron chi connectivity index (χ2n) is 3.75. The molecule has 2 N–H and O–H groups in total. The van der Waals surface area contributed by atoms with Crippen molar-refractivity contribution in [3.05, 3.63) is 53.1 Å². The number of methoxy groups -OCH3 is 1. The molecule has 2 aromatic carbocycles. The third-order valence-corrected chi connectivity index (χ3v) is 2.90. The summed E-state index contributed by atoms with van der Waals surface area (Å²) in [4.78, 5) is 0. The van der Waals surface area contributed by atoms with Gasteiger partial charge in [-0.2, -0.15) is 0 Å². The Hall–Kier alpha value is -1.22. The molecule has 0 spiro atoms. The van der Waals surface area contributed by atoms with Crippen molar-refractivity contribution in [1.29, 1.82) is 0 Å². The smallest absolute Gasteiger partial charge is 0.128 e. The van der Waals surface area contributed by atoms with Gasteiger partial charge in [-0.15, -0.1) is 12.4 Å². The third kappa shape index (κ3) is 3.16. The molecule has 0 radical (unpaired) electrons. The lowest BCUT2D eigenvalue weighted by Crippen LogP contribution is -1.95. The van der Waals surface area contributed by atoms with Gasteiger partial charge in [0, 0.05) is 17.1 Å². The van der Waals surface area contributed by atoms with Crippen molar-refractivity contribution in [2.24, 2.45) is 5.73 Å². The number of benzene rings is 2. The van der Waals surface area contributed by atoms with E-state index >= 15 is 0 Å². The third-order valence-electron chi connectivity index (χ3n) is 2.66. The molecule has 0 aliphatic rings. The Morgan fingerprint density at radius 1 is 1.11 bits per heavy atom. The molecule has 4 heteroatoms. The zero-order valence-electron chi connectivity index (χ0n) is 10.0. The first-order chi connectivity index (χ1) is 8.24. The average molecular weight is 284 g/mol. The summed E-state index contributed by atoms with van der Waals surface area (Å²) in [7, 11) is 1.64. The Balaban J connectivity index is 0.00000162. The number of ether oxygens (including phenoxy) is 1. The second kappa shape index (κ2) is 6.64. The summed E-state index contributed by atoms with van der Waals surface area (Å²) in [6.07, 6.45) is 0. The molecule has 18 heavy (non-hydrogen) atoms. The van der Waals surface area contributed by atoms with Crippen molar-refractivity contribution < 1.29 is 4.74 Å². The van der Waals surface area contributed by atoms with Crippen molar-refractivity contribution in [3.8, 4) is 16.9 Å². The van der Waals surface area contributed by atoms with Gasteiger partial charge < -0.3 is 10.5 Å². The average Bonchev–Trinajstić information content (AvgIpc) is 2.39. The molecule has 0 unspecified atom stereocenters. The van der Waals surface area contributed by atoms with Crippen LogP contribution in [0.25, 0.3) is 11.1 Å². The van der Waals surface area contributed by atoms with Gasteiger partial charge in [0.15, 0.2) is 0 Å². The fraction of sp³-hybridized carbons (Fsp3) is 0.143. The van der Waals surface area contributed by atoms with Gasteiger partial charge in [0.25, 0.3) is 0 Å². The maximum Gasteiger partial charge on any atom is 0.128 e. The molecule has 0 saturated heterocycles. The van der Waals surface area contributed by atoms with Gasteiger partial charge >= 0.3 is 0 Å². The zero-order valence-corrected chi connectivity index (χ0v) is 11.6. The Morgan fingerprint density at radius 2 is 1.78 bits per heavy atom. The van der Waals surface area contributed by atoms with E-state index in [1.165, 1.54) is 0 Å². The van der Waals surface area contributed by atoms with Crippen LogP contribution in [0.5, 0.6) is 5.75 Å². The highest BCUT2D eigenvalue weighted by Gasteiger charge is 2.06. The summed E-state index contributed by atoms with van der Waals surface area (Å²) in [5.41, 5.74) is 8.81. The van der Waals surface area contributed by atoms with Crippen molar-refractivity contribution in [2.75, 3.05) is 7.11 Å². The van der Waals surface area contributed by atoms with E-state index in [1.807, 2.05) is 42.5 Å². The van der Waals surface area contributed by atoms with Crippen LogP contribution in [0, 0.1) is 0 Å². The summed E-state index contributed by atoms with van der Waals surface area (Å²) in [5.74, 6) is 0.776. The lowest BCUT2D eigenvalue weighted by molar-refractivity contribution is 0.416. The number of hydrogen-bond donors (Lipinski definition) is 1. The topological polar surface area (TPSA) is 35.2 Å². The minimum absolute atomic E-state index is 0. The second-order valence-corrected chi connectivity index (χ2v) is 4.18. The highest BCUT2D eigenvalue weighted by atomic mass is 35.5. The maximum atomic E-state index is 5.93. The van der Waals surface area contributed by atoms with E-state index in [4.69, 9.17) is 22.1 Å². The highest BCUT2D eigenvalue weighted by Crippen LogP contribution is 2.32. The van der Waals surface area contributed by atoms with Crippen LogP contribution in [0.4, 0.5) is 0 Å². The van der Waals surface area contributed by atoms with Crippen molar-refractivity contribution in [1.82, 2.24) is 0 Å². The predicted molar refractivity (Wildman–Crippen MR) is 78.6 cm³/mol. The first-order valence-electron chi connectivity index (χ1n) is 5.37. The quantitative estimate of drug-likeness (QED) is 0.927. The molecule has 0 saturated carbocycles. The molecule has 0 heterocycles. The molecule has 2 rings (SSSR count). The SMILES string of the molecule is COc1cc(Cl)ccc1-c1ccc(CN)cc1.Cl. The minimum Gasteiger partial charge on any atom is -0.496 e. The lowest BCUT2D eigenvalue weighted by atomic mass is 10.0. The van der Waals surface area contributed by atoms with Crippen LogP contribution < -0.4 is 10.5 Å². The summed E-state index contributed by atoms with van der Waals surface area (Å²) in [6, 6.07) is 13.7. The van der Waals surface area contributed by atoms with Crippen LogP contribution in [-0.2, 0) is 6.54 Å². The van der Waals surface area contributed by atoms with Crippen LogP contribution in [0.2, 0.25) is 5.02 Å². The van der Waals surface area contributed by atoms with Crippen molar-refractivity contribution >= 4 is 24.0 Å². The van der Waals surface area contributed by atoms with E-state index in [9.17, 15) is 0 Å². The number of nitrogens with two attached hydrogens (primary N) is 1. The molecule has 2 nitrogen and oxygen atoms in total. The fourth-order valence-corrected chi connectivity index (χ4v) is 1.89. The lowest BCUT2D eigenvalue weighted by Gasteiger charge is -2.09. The van der Waals surface area contributed by atoms with Crippen LogP contribution in [-0.4, -0.2) is 7.11 Å². The van der Waals surface area contributed by atoms with E-state index in [1.54, 1.807) is 7.11 Å². The molecule has 0 aromatic heterocycles. The van der Waals surface area contributed by atoms with E-state index in [2.05, 4.69) is 0 Å². The van der Waals surface area contributed by atoms with E-state index in [-0.39, 0.29) is 12.4 Å². The standard InChI is InChI=1S/C14H14ClNO.ClH/c1-17-14-8-12(15)6-7-13(14)11-4-2-10(9-16)3-5-11;/h2-8H,9,16H2,1H3;1H. The molecule has 0 aliphatic heterocycles. The summed E-state index contributed by atoms with van der Waals surface area (Å²) in [6.45, 7) is 0.554. The van der Waals surface area contributed by atoms with Gasteiger partial charge in [-0.05, 0) is 29.3 Å². The van der Waals surface area contributed by atoms with Gasteiger partial charge in [-0.3, -0.25) is 0 Å². The normalized spacial score (nSPS) is 9.72. The van der Waals surface area contributed by atoms with Crippen LogP contribution in [0.15, 0.2) is 42.5 Å². The van der Waals surface area contributed by atoms with Gasteiger partial charge in [-0.25, -0.2) is 0 Å². The Morgan fingerprint density at radius 3 is 2.33 bits per heavy atom. The van der Waals surface area contributed by atoms with Gasteiger partial charge in [0.2, 0.25) is 0 Å². The molecular formula is C14H15Cl2NO. The molecule has 0 fully saturated rings. The number of hydrogen-bond acceptors (Lipinski definition) is 2. The summed E-state index contributed by atoms with van der Waals surface area (Å²) >= 11 is 5.93. The Kier molecular flexibility index (Phi) is 5.48. The molecular weight excluding hydrogens is 269 g/mol. The number of halogens is 2. The van der Waals surface area contributed by atoms with E-state index in [0.29, 0.717) is 11.6 Å². The fourth-order valence-electron chi connectivity index (χ4n) is 1.72. The van der Waals surface area contributed by atoms with Crippen LogP contribution in [0.3, 0.4) is 0 Å². The zero-order chi connectivity index (χ0) is 12.3. The van der Waals surface area contributed by atoms with Gasteiger partial charge in [0.1, 0.15) is 5.75 Å². The largest absolute Gasteiger partial charge is 0.496 e. The van der Waals surface area contributed by atoms with E-state index < -0.39 is 0 Å². The molecule has 2 aromatic rings. The first-order valence-corrected chi connectivity index (χ1v) is 5.75. The Bertz CT molecular complexity index is 512. The molecule has 0 bridgehead atoms. The van der Waals surface area contributed by atoms with Crippen LogP contribution >= 0.6 is 24.0 Å². The molecule has 0 atom stereocenters. The molecule has 0 aliphatic carbocycles. The number of rotatable bonds is 3. The predicted octanol–water partition coefficient (Wildman–Crippen LogP) is 3.90. The summed E-state index contributed by atoms with van der Waals surface area (Å²) < 4.78 is 5.33. The van der Waals surface area contributed by atoms with Crippen molar-refractivity contribution in [3.63, 3.8) is 0 Å². The Labute approximate surface area is 118 Å². The van der Waals surface area contributed by atoms with Gasteiger partial charge in [-0.1, -0.05) is 35.9 Å². The van der Waals surface area contributed by atoms with Crippen molar-refractivity contribution in [2.45, 2.75) is 6.54 Å². The molecule has 96 valence electrons. The maximum absolute atomic E-state index is 5.93. The summed E-state index contributed by atoms with van der Waals surface area (Å²) in [5, 5.41) is 0.671. The van der Waals surface area contributed by atoms with E-state index in [0.717, 1.165) is 22.4 Å². The minimum atomic E-state index is 0. The highest BCUT2D eigenvalue weighted by molar-refractivity contribution is 6.30.